The zero-order valence-electron chi connectivity index (χ0n) is 24.1. The smallest absolute Gasteiger partial charge is 0.407 e. The number of carbonyl (C=O) groups is 3. The average Bonchev–Trinajstić information content (AvgIpc) is 3.52. The summed E-state index contributed by atoms with van der Waals surface area (Å²) >= 11 is 9.40. The predicted octanol–water partition coefficient (Wildman–Crippen LogP) is 3.90. The third-order valence-corrected chi connectivity index (χ3v) is 11.7. The van der Waals surface area contributed by atoms with Gasteiger partial charge in [0.05, 0.1) is 33.0 Å². The first-order valence-electron chi connectivity index (χ1n) is 13.8. The Hall–Kier alpha value is -3.28. The number of hydrogen-bond donors (Lipinski definition) is 2. The molecule has 1 aromatic carbocycles. The van der Waals surface area contributed by atoms with E-state index in [1.807, 2.05) is 0 Å². The fraction of sp³-hybridized carbons (Fsp3) is 0.483. The number of hydrogen-bond acceptors (Lipinski definition) is 7. The highest BCUT2D eigenvalue weighted by molar-refractivity contribution is 9.10. The molecule has 44 heavy (non-hydrogen) atoms. The quantitative estimate of drug-likeness (QED) is 0.457. The van der Waals surface area contributed by atoms with Crippen LogP contribution in [0.5, 0.6) is 0 Å². The molecule has 2 N–H and O–H groups in total. The molecule has 3 heterocycles. The van der Waals surface area contributed by atoms with Crippen molar-refractivity contribution in [3.63, 3.8) is 0 Å². The molecule has 2 saturated heterocycles. The summed E-state index contributed by atoms with van der Waals surface area (Å²) in [7, 11) is -4.19. The van der Waals surface area contributed by atoms with Crippen LogP contribution in [-0.4, -0.2) is 82.2 Å². The fourth-order valence-electron chi connectivity index (χ4n) is 6.53. The van der Waals surface area contributed by atoms with Crippen LogP contribution < -0.4 is 5.32 Å². The molecule has 1 aliphatic carbocycles. The maximum Gasteiger partial charge on any atom is 0.407 e. The molecule has 0 spiro atoms. The first-order chi connectivity index (χ1) is 20.5. The van der Waals surface area contributed by atoms with E-state index in [4.69, 9.17) is 11.6 Å². The summed E-state index contributed by atoms with van der Waals surface area (Å²) in [5.41, 5.74) is -4.24. The van der Waals surface area contributed by atoms with Crippen molar-refractivity contribution in [3.8, 4) is 6.07 Å². The molecule has 15 heteroatoms. The van der Waals surface area contributed by atoms with E-state index in [0.717, 1.165) is 15.9 Å². The zero-order chi connectivity index (χ0) is 32.4. The van der Waals surface area contributed by atoms with Gasteiger partial charge in [0.15, 0.2) is 9.84 Å². The topological polar surface area (TPSA) is 161 Å². The Balaban J connectivity index is 1.64. The van der Waals surface area contributed by atoms with Crippen molar-refractivity contribution >= 4 is 55.3 Å². The lowest BCUT2D eigenvalue weighted by atomic mass is 9.59. The Morgan fingerprint density at radius 2 is 1.89 bits per heavy atom. The van der Waals surface area contributed by atoms with Crippen LogP contribution in [0, 0.1) is 22.6 Å². The normalized spacial score (nSPS) is 26.0. The van der Waals surface area contributed by atoms with Crippen LogP contribution in [0.25, 0.3) is 0 Å². The standard InChI is InChI=1S/C29H30BrClFN5O6S/c1-27(2,3)24-29(15-37(24)26(40)41,22-19(32)10-16(30)12-34-22)25(39)36-13-17(44(42,43)21-7-5-4-6-18(21)31)11-20(36)23(38)35-28(14-33)8-9-28/h4-7,10,12,17,20,24H,8-9,11,13,15H2,1-3H3,(H,35,38)(H,40,41)/t17-,20+,24?,29?/m1/s1. The number of amides is 3. The Bertz CT molecular complexity index is 1710. The van der Waals surface area contributed by atoms with Gasteiger partial charge in [-0.1, -0.05) is 44.5 Å². The van der Waals surface area contributed by atoms with Gasteiger partial charge in [0.1, 0.15) is 22.8 Å². The molecule has 234 valence electrons. The minimum Gasteiger partial charge on any atom is -0.465 e. The fourth-order valence-corrected chi connectivity index (χ4v) is 9.05. The molecule has 0 radical (unpaired) electrons. The van der Waals surface area contributed by atoms with Crippen LogP contribution in [0.1, 0.15) is 45.7 Å². The largest absolute Gasteiger partial charge is 0.465 e. The number of rotatable bonds is 6. The second-order valence-corrected chi connectivity index (χ2v) is 16.1. The monoisotopic (exact) mass is 709 g/mol. The van der Waals surface area contributed by atoms with Crippen LogP contribution in [0.4, 0.5) is 9.18 Å². The van der Waals surface area contributed by atoms with Gasteiger partial charge >= 0.3 is 6.09 Å². The molecule has 3 amide bonds. The van der Waals surface area contributed by atoms with Gasteiger partial charge in [-0.3, -0.25) is 14.6 Å². The van der Waals surface area contributed by atoms with E-state index >= 15 is 4.39 Å². The third-order valence-electron chi connectivity index (χ3n) is 8.61. The Kier molecular flexibility index (Phi) is 8.00. The number of pyridine rings is 1. The van der Waals surface area contributed by atoms with Crippen molar-refractivity contribution in [2.45, 2.75) is 73.2 Å². The second kappa shape index (κ2) is 11.0. The number of aromatic nitrogens is 1. The molecule has 4 atom stereocenters. The number of carboxylic acid groups (broad SMARTS) is 1. The number of sulfone groups is 1. The number of halogens is 3. The van der Waals surface area contributed by atoms with Crippen molar-refractivity contribution < 1.29 is 32.3 Å². The van der Waals surface area contributed by atoms with Crippen LogP contribution in [0.3, 0.4) is 0 Å². The molecule has 3 aliphatic rings. The predicted molar refractivity (Wildman–Crippen MR) is 160 cm³/mol. The van der Waals surface area contributed by atoms with Crippen molar-refractivity contribution in [3.05, 3.63) is 57.5 Å². The number of benzene rings is 1. The van der Waals surface area contributed by atoms with E-state index in [2.05, 4.69) is 32.3 Å². The lowest BCUT2D eigenvalue weighted by Crippen LogP contribution is -2.78. The maximum atomic E-state index is 15.7. The molecule has 2 aliphatic heterocycles. The summed E-state index contributed by atoms with van der Waals surface area (Å²) < 4.78 is 43.7. The van der Waals surface area contributed by atoms with Crippen molar-refractivity contribution in [2.75, 3.05) is 13.1 Å². The molecule has 5 rings (SSSR count). The summed E-state index contributed by atoms with van der Waals surface area (Å²) in [6, 6.07) is 6.51. The van der Waals surface area contributed by atoms with Gasteiger partial charge in [-0.05, 0) is 58.8 Å². The van der Waals surface area contributed by atoms with Gasteiger partial charge in [-0.15, -0.1) is 0 Å². The number of carbonyl (C=O) groups excluding carboxylic acids is 2. The van der Waals surface area contributed by atoms with Gasteiger partial charge in [-0.2, -0.15) is 5.26 Å². The molecular weight excluding hydrogens is 681 g/mol. The highest BCUT2D eigenvalue weighted by Crippen LogP contribution is 2.51. The van der Waals surface area contributed by atoms with Crippen LogP contribution in [0.2, 0.25) is 5.02 Å². The van der Waals surface area contributed by atoms with Gasteiger partial charge in [0.25, 0.3) is 0 Å². The summed E-state index contributed by atoms with van der Waals surface area (Å²) in [6.07, 6.45) is 0.440. The van der Waals surface area contributed by atoms with Crippen molar-refractivity contribution in [1.82, 2.24) is 20.1 Å². The van der Waals surface area contributed by atoms with E-state index in [-0.39, 0.29) is 22.0 Å². The number of nitriles is 1. The van der Waals surface area contributed by atoms with Gasteiger partial charge < -0.3 is 20.2 Å². The summed E-state index contributed by atoms with van der Waals surface area (Å²) in [6.45, 7) is 4.19. The van der Waals surface area contributed by atoms with Crippen LogP contribution in [0.15, 0.2) is 45.9 Å². The number of nitrogens with zero attached hydrogens (tertiary/aromatic N) is 4. The Morgan fingerprint density at radius 1 is 1.23 bits per heavy atom. The third kappa shape index (κ3) is 5.22. The van der Waals surface area contributed by atoms with Crippen molar-refractivity contribution in [1.29, 1.82) is 5.26 Å². The van der Waals surface area contributed by atoms with E-state index in [1.165, 1.54) is 24.4 Å². The SMILES string of the molecule is CC(C)(C)C1N(C(=O)O)CC1(C(=O)N1C[C@H](S(=O)(=O)c2ccccc2Cl)C[C@H]1C(=O)NC1(C#N)CC1)c1ncc(Br)cc1F. The Labute approximate surface area is 267 Å². The lowest BCUT2D eigenvalue weighted by molar-refractivity contribution is -0.159. The summed E-state index contributed by atoms with van der Waals surface area (Å²) in [4.78, 5) is 47.0. The number of likely N-dealkylation sites (tertiary alicyclic amines) is 2. The highest BCUT2D eigenvalue weighted by Gasteiger charge is 2.68. The highest BCUT2D eigenvalue weighted by atomic mass is 79.9. The van der Waals surface area contributed by atoms with E-state index < -0.39 is 80.4 Å². The minimum absolute atomic E-state index is 0.0267. The molecule has 3 fully saturated rings. The molecule has 2 aromatic rings. The molecule has 1 aromatic heterocycles. The molecular formula is C29H30BrClFN5O6S. The molecule has 2 unspecified atom stereocenters. The van der Waals surface area contributed by atoms with Crippen LogP contribution >= 0.6 is 27.5 Å². The Morgan fingerprint density at radius 3 is 2.43 bits per heavy atom. The number of nitrogens with one attached hydrogen (secondary N) is 1. The maximum absolute atomic E-state index is 15.7. The lowest BCUT2D eigenvalue weighted by Gasteiger charge is -2.60. The first-order valence-corrected chi connectivity index (χ1v) is 16.5. The molecule has 0 bridgehead atoms. The first kappa shape index (κ1) is 32.1. The summed E-state index contributed by atoms with van der Waals surface area (Å²) in [5.74, 6) is -2.42. The van der Waals surface area contributed by atoms with E-state index in [9.17, 15) is 33.2 Å². The average molecular weight is 711 g/mol. The van der Waals surface area contributed by atoms with E-state index in [1.54, 1.807) is 26.8 Å². The second-order valence-electron chi connectivity index (χ2n) is 12.6. The van der Waals surface area contributed by atoms with Gasteiger partial charge in [0.2, 0.25) is 11.8 Å². The summed E-state index contributed by atoms with van der Waals surface area (Å²) in [5, 5.41) is 21.0. The minimum atomic E-state index is -4.19. The van der Waals surface area contributed by atoms with Crippen LogP contribution in [-0.2, 0) is 24.8 Å². The van der Waals surface area contributed by atoms with Gasteiger partial charge in [0, 0.05) is 23.8 Å². The van der Waals surface area contributed by atoms with E-state index in [0.29, 0.717) is 17.3 Å². The van der Waals surface area contributed by atoms with Crippen molar-refractivity contribution in [2.24, 2.45) is 5.41 Å². The zero-order valence-corrected chi connectivity index (χ0v) is 27.2. The molecule has 1 saturated carbocycles. The van der Waals surface area contributed by atoms with Gasteiger partial charge in [-0.25, -0.2) is 17.6 Å². The molecule has 11 nitrogen and oxygen atoms in total.